The summed E-state index contributed by atoms with van der Waals surface area (Å²) in [6.07, 6.45) is 26.0. The van der Waals surface area contributed by atoms with E-state index in [9.17, 15) is 0 Å². The second kappa shape index (κ2) is 7.84. The lowest BCUT2D eigenvalue weighted by Gasteiger charge is -2.04. The summed E-state index contributed by atoms with van der Waals surface area (Å²) in [7, 11) is 0. The molecule has 2 aromatic carbocycles. The van der Waals surface area contributed by atoms with Crippen LogP contribution in [0.4, 0.5) is 0 Å². The van der Waals surface area contributed by atoms with Gasteiger partial charge in [0.15, 0.2) is 0 Å². The molecule has 0 atom stereocenters. The molecule has 0 amide bonds. The monoisotopic (exact) mass is 334 g/mol. The van der Waals surface area contributed by atoms with Crippen molar-refractivity contribution in [3.05, 3.63) is 120 Å². The van der Waals surface area contributed by atoms with E-state index in [2.05, 4.69) is 121 Å². The number of hydrogen-bond acceptors (Lipinski definition) is 0. The molecular weight excluding hydrogens is 312 g/mol. The van der Waals surface area contributed by atoms with Crippen molar-refractivity contribution in [2.75, 3.05) is 0 Å². The van der Waals surface area contributed by atoms with Crippen LogP contribution in [0, 0.1) is 11.8 Å². The highest BCUT2D eigenvalue weighted by atomic mass is 14.1. The van der Waals surface area contributed by atoms with E-state index in [1.807, 2.05) is 0 Å². The lowest BCUT2D eigenvalue weighted by atomic mass is 10.0. The van der Waals surface area contributed by atoms with Crippen LogP contribution in [0.5, 0.6) is 0 Å². The molecule has 0 bridgehead atoms. The van der Waals surface area contributed by atoms with Crippen molar-refractivity contribution in [3.8, 4) is 11.1 Å². The van der Waals surface area contributed by atoms with Crippen LogP contribution >= 0.6 is 0 Å². The van der Waals surface area contributed by atoms with Crippen molar-refractivity contribution in [3.63, 3.8) is 0 Å². The fourth-order valence-corrected chi connectivity index (χ4v) is 3.17. The largest absolute Gasteiger partial charge is 0.0738 e. The average molecular weight is 334 g/mol. The zero-order valence-corrected chi connectivity index (χ0v) is 14.7. The maximum absolute atomic E-state index is 2.23. The van der Waals surface area contributed by atoms with Crippen molar-refractivity contribution in [2.24, 2.45) is 11.8 Å². The second-order valence-electron chi connectivity index (χ2n) is 6.66. The summed E-state index contributed by atoms with van der Waals surface area (Å²) < 4.78 is 0. The first kappa shape index (κ1) is 16.4. The number of benzene rings is 2. The third-order valence-electron chi connectivity index (χ3n) is 4.73. The Morgan fingerprint density at radius 2 is 0.808 bits per heavy atom. The van der Waals surface area contributed by atoms with Crippen molar-refractivity contribution in [1.82, 2.24) is 0 Å². The lowest BCUT2D eigenvalue weighted by Crippen LogP contribution is -1.83. The average Bonchev–Trinajstić information content (AvgIpc) is 3.40. The van der Waals surface area contributed by atoms with Crippen LogP contribution in [0.15, 0.2) is 109 Å². The Kier molecular flexibility index (Phi) is 4.93. The third kappa shape index (κ3) is 4.10. The Labute approximate surface area is 155 Å². The van der Waals surface area contributed by atoms with Gasteiger partial charge in [-0.25, -0.2) is 0 Å². The van der Waals surface area contributed by atoms with Crippen LogP contribution in [0.1, 0.15) is 11.1 Å². The standard InChI is InChI=1S/C26H22/c1-2-6-21(5-1)9-11-23-13-17-25(18-14-23)26-19-15-24(16-20-26)12-10-22-7-3-4-8-22/h1-22H/b11-9+,12-10+. The van der Waals surface area contributed by atoms with E-state index in [0.717, 1.165) is 0 Å². The molecule has 0 aliphatic heterocycles. The lowest BCUT2D eigenvalue weighted by molar-refractivity contribution is 1.10. The molecule has 2 aliphatic carbocycles. The van der Waals surface area contributed by atoms with Gasteiger partial charge in [0.2, 0.25) is 0 Å². The summed E-state index contributed by atoms with van der Waals surface area (Å²) in [5.74, 6) is 0.871. The van der Waals surface area contributed by atoms with Gasteiger partial charge >= 0.3 is 0 Å². The maximum Gasteiger partial charge on any atom is 0.0136 e. The van der Waals surface area contributed by atoms with E-state index in [1.165, 1.54) is 22.3 Å². The van der Waals surface area contributed by atoms with E-state index in [4.69, 9.17) is 0 Å². The Balaban J connectivity index is 1.42. The first-order valence-electron chi connectivity index (χ1n) is 9.14. The topological polar surface area (TPSA) is 0 Å². The summed E-state index contributed by atoms with van der Waals surface area (Å²) in [5, 5.41) is 0. The Hall–Kier alpha value is -3.12. The summed E-state index contributed by atoms with van der Waals surface area (Å²) in [5.41, 5.74) is 4.97. The molecule has 26 heavy (non-hydrogen) atoms. The van der Waals surface area contributed by atoms with Gasteiger partial charge in [-0.1, -0.05) is 121 Å². The van der Waals surface area contributed by atoms with Gasteiger partial charge in [-0.15, -0.1) is 0 Å². The molecule has 126 valence electrons. The van der Waals surface area contributed by atoms with E-state index in [1.54, 1.807) is 0 Å². The zero-order chi connectivity index (χ0) is 17.6. The molecule has 4 rings (SSSR count). The Morgan fingerprint density at radius 3 is 1.15 bits per heavy atom. The van der Waals surface area contributed by atoms with E-state index in [-0.39, 0.29) is 0 Å². The molecule has 0 saturated heterocycles. The highest BCUT2D eigenvalue weighted by Crippen LogP contribution is 2.22. The molecule has 0 heteroatoms. The van der Waals surface area contributed by atoms with Gasteiger partial charge in [-0.2, -0.15) is 0 Å². The first-order chi connectivity index (χ1) is 12.9. The molecule has 0 radical (unpaired) electrons. The van der Waals surface area contributed by atoms with Crippen LogP contribution in [0.25, 0.3) is 23.3 Å². The first-order valence-corrected chi connectivity index (χ1v) is 9.14. The van der Waals surface area contributed by atoms with Gasteiger partial charge in [-0.05, 0) is 22.3 Å². The minimum absolute atomic E-state index is 0.436. The van der Waals surface area contributed by atoms with Gasteiger partial charge < -0.3 is 0 Å². The predicted octanol–water partition coefficient (Wildman–Crippen LogP) is 6.86. The molecule has 0 spiro atoms. The number of hydrogen-bond donors (Lipinski definition) is 0. The molecule has 0 unspecified atom stereocenters. The van der Waals surface area contributed by atoms with Crippen molar-refractivity contribution < 1.29 is 0 Å². The van der Waals surface area contributed by atoms with E-state index in [0.29, 0.717) is 11.8 Å². The highest BCUT2D eigenvalue weighted by molar-refractivity contribution is 5.67. The van der Waals surface area contributed by atoms with E-state index < -0.39 is 0 Å². The smallest absolute Gasteiger partial charge is 0.0136 e. The molecule has 0 heterocycles. The van der Waals surface area contributed by atoms with Gasteiger partial charge in [0, 0.05) is 11.8 Å². The van der Waals surface area contributed by atoms with Crippen molar-refractivity contribution in [1.29, 1.82) is 0 Å². The fraction of sp³-hybridized carbons (Fsp3) is 0.0769. The minimum Gasteiger partial charge on any atom is -0.0738 e. The summed E-state index contributed by atoms with van der Waals surface area (Å²) in [6, 6.07) is 17.5. The number of allylic oxidation sites excluding steroid dienone is 10. The predicted molar refractivity (Wildman–Crippen MR) is 113 cm³/mol. The maximum atomic E-state index is 2.23. The molecule has 0 nitrogen and oxygen atoms in total. The molecule has 0 N–H and O–H groups in total. The SMILES string of the molecule is C1=CC(/C=C/c2ccc(-c3ccc(/C=C/C4C=CC=C4)cc3)cc2)C=C1. The minimum atomic E-state index is 0.436. The third-order valence-corrected chi connectivity index (χ3v) is 4.73. The van der Waals surface area contributed by atoms with Gasteiger partial charge in [0.1, 0.15) is 0 Å². The molecule has 0 fully saturated rings. The van der Waals surface area contributed by atoms with Crippen LogP contribution < -0.4 is 0 Å². The fourth-order valence-electron chi connectivity index (χ4n) is 3.17. The van der Waals surface area contributed by atoms with Crippen LogP contribution in [0.3, 0.4) is 0 Å². The van der Waals surface area contributed by atoms with Gasteiger partial charge in [-0.3, -0.25) is 0 Å². The van der Waals surface area contributed by atoms with Crippen molar-refractivity contribution >= 4 is 12.2 Å². The molecule has 0 aromatic heterocycles. The Bertz CT molecular complexity index is 810. The van der Waals surface area contributed by atoms with Gasteiger partial charge in [0.05, 0.1) is 0 Å². The molecule has 2 aromatic rings. The van der Waals surface area contributed by atoms with E-state index >= 15 is 0 Å². The second-order valence-corrected chi connectivity index (χ2v) is 6.66. The number of rotatable bonds is 5. The van der Waals surface area contributed by atoms with Crippen LogP contribution in [-0.2, 0) is 0 Å². The summed E-state index contributed by atoms with van der Waals surface area (Å²) in [6.45, 7) is 0. The van der Waals surface area contributed by atoms with Crippen molar-refractivity contribution in [2.45, 2.75) is 0 Å². The molecule has 0 saturated carbocycles. The summed E-state index contributed by atoms with van der Waals surface area (Å²) in [4.78, 5) is 0. The molecular formula is C26H22. The quantitative estimate of drug-likeness (QED) is 0.560. The van der Waals surface area contributed by atoms with Crippen LogP contribution in [-0.4, -0.2) is 0 Å². The summed E-state index contributed by atoms with van der Waals surface area (Å²) >= 11 is 0. The van der Waals surface area contributed by atoms with Gasteiger partial charge in [0.25, 0.3) is 0 Å². The highest BCUT2D eigenvalue weighted by Gasteiger charge is 2.00. The molecule has 2 aliphatic rings. The Morgan fingerprint density at radius 1 is 0.462 bits per heavy atom. The normalized spacial score (nSPS) is 16.8. The van der Waals surface area contributed by atoms with Crippen LogP contribution in [0.2, 0.25) is 0 Å². The zero-order valence-electron chi connectivity index (χ0n) is 14.7.